The lowest BCUT2D eigenvalue weighted by Gasteiger charge is -2.45. The van der Waals surface area contributed by atoms with Gasteiger partial charge >= 0.3 is 0 Å². The summed E-state index contributed by atoms with van der Waals surface area (Å²) in [6.45, 7) is 3.27. The highest BCUT2D eigenvalue weighted by atomic mass is 35.5. The minimum absolute atomic E-state index is 0. The molecule has 0 aliphatic heterocycles. The van der Waals surface area contributed by atoms with Gasteiger partial charge in [-0.15, -0.1) is 0 Å². The maximum Gasteiger partial charge on any atom is 0.252 e. The van der Waals surface area contributed by atoms with Gasteiger partial charge < -0.3 is 20.5 Å². The van der Waals surface area contributed by atoms with Crippen LogP contribution in [-0.2, 0) is 13.5 Å². The Bertz CT molecular complexity index is 902. The average molecular weight is 474 g/mol. The molecule has 6 nitrogen and oxygen atoms in total. The van der Waals surface area contributed by atoms with Crippen LogP contribution in [-0.4, -0.2) is 41.6 Å². The number of rotatable bonds is 10. The Labute approximate surface area is 203 Å². The van der Waals surface area contributed by atoms with Crippen molar-refractivity contribution in [2.24, 2.45) is 18.4 Å². The van der Waals surface area contributed by atoms with Crippen LogP contribution in [0.25, 0.3) is 0 Å². The third kappa shape index (κ3) is 6.97. The lowest BCUT2D eigenvalue weighted by molar-refractivity contribution is 0.0682. The van der Waals surface area contributed by atoms with Crippen molar-refractivity contribution < 1.29 is 4.79 Å². The van der Waals surface area contributed by atoms with Crippen molar-refractivity contribution in [3.8, 4) is 0 Å². The number of fused-ring (bicyclic) bond motifs is 2. The highest BCUT2D eigenvalue weighted by Gasteiger charge is 2.39. The number of aromatic nitrogens is 2. The second kappa shape index (κ2) is 11.9. The van der Waals surface area contributed by atoms with Gasteiger partial charge in [0.2, 0.25) is 0 Å². The van der Waals surface area contributed by atoms with Gasteiger partial charge in [-0.2, -0.15) is 0 Å². The monoisotopic (exact) mass is 473 g/mol. The number of anilines is 1. The molecule has 2 aromatic rings. The molecule has 33 heavy (non-hydrogen) atoms. The van der Waals surface area contributed by atoms with Crippen LogP contribution in [0.5, 0.6) is 0 Å². The van der Waals surface area contributed by atoms with Crippen molar-refractivity contribution in [1.82, 2.24) is 20.2 Å². The molecule has 0 saturated heterocycles. The molecule has 2 aliphatic rings. The van der Waals surface area contributed by atoms with Crippen LogP contribution in [0.1, 0.15) is 68.4 Å². The number of nitrogens with zero attached hydrogens (tertiary/aromatic N) is 2. The number of carbonyl (C=O) groups is 1. The molecule has 0 radical (unpaired) electrons. The highest BCUT2D eigenvalue weighted by molar-refractivity contribution is 6.34. The number of imidazole rings is 1. The summed E-state index contributed by atoms with van der Waals surface area (Å²) < 4.78 is 1.96. The normalized spacial score (nSPS) is 21.8. The molecule has 0 unspecified atom stereocenters. The van der Waals surface area contributed by atoms with Crippen LogP contribution in [0.3, 0.4) is 0 Å². The van der Waals surface area contributed by atoms with E-state index in [0.717, 1.165) is 49.9 Å². The van der Waals surface area contributed by atoms with E-state index >= 15 is 0 Å². The summed E-state index contributed by atoms with van der Waals surface area (Å²) in [7, 11) is 1.98. The molecule has 2 fully saturated rings. The van der Waals surface area contributed by atoms with Gasteiger partial charge in [0.15, 0.2) is 0 Å². The van der Waals surface area contributed by atoms with Crippen molar-refractivity contribution in [3.05, 3.63) is 47.0 Å². The van der Waals surface area contributed by atoms with Crippen LogP contribution in [0.2, 0.25) is 5.02 Å². The van der Waals surface area contributed by atoms with Gasteiger partial charge in [0, 0.05) is 51.5 Å². The molecule has 3 N–H and O–H groups in total. The maximum atomic E-state index is 12.9. The number of aryl methyl sites for hydroxylation is 1. The Kier molecular flexibility index (Phi) is 9.21. The number of benzene rings is 1. The highest BCUT2D eigenvalue weighted by Crippen LogP contribution is 2.48. The largest absolute Gasteiger partial charge is 0.384 e. The predicted molar refractivity (Wildman–Crippen MR) is 137 cm³/mol. The standard InChI is InChI=1S/C25H36ClN5O.CH4/c1-31-16-21(30-18-31)8-11-27-12-13-28-20-6-7-23(26)22(14-20)24(32)29-17-25-9-2-4-19(15-25)5-3-10-25;/h6-7,14,16,18-19,27-28H,2-5,8-13,15,17H2,1H3,(H,29,32);1H4. The number of halogens is 1. The summed E-state index contributed by atoms with van der Waals surface area (Å²) >= 11 is 6.37. The van der Waals surface area contributed by atoms with Crippen molar-refractivity contribution >= 4 is 23.2 Å². The molecule has 1 aromatic carbocycles. The van der Waals surface area contributed by atoms with Gasteiger partial charge in [0.05, 0.1) is 22.6 Å². The molecule has 1 heterocycles. The van der Waals surface area contributed by atoms with Crippen LogP contribution < -0.4 is 16.0 Å². The van der Waals surface area contributed by atoms with E-state index in [-0.39, 0.29) is 13.3 Å². The number of carbonyl (C=O) groups excluding carboxylic acids is 1. The zero-order valence-electron chi connectivity index (χ0n) is 19.1. The summed E-state index contributed by atoms with van der Waals surface area (Å²) in [5, 5.41) is 10.5. The van der Waals surface area contributed by atoms with E-state index in [1.165, 1.54) is 44.9 Å². The van der Waals surface area contributed by atoms with E-state index in [9.17, 15) is 4.79 Å². The SMILES string of the molecule is C.Cn1cnc(CCNCCNc2ccc(Cl)c(C(=O)NCC34CCCC(CCC3)C4)c2)c1. The third-order valence-corrected chi connectivity index (χ3v) is 7.47. The number of nitrogens with one attached hydrogen (secondary N) is 3. The molecular weight excluding hydrogens is 434 g/mol. The van der Waals surface area contributed by atoms with Gasteiger partial charge in [-0.1, -0.05) is 44.7 Å². The zero-order chi connectivity index (χ0) is 22.4. The topological polar surface area (TPSA) is 71.0 Å². The van der Waals surface area contributed by atoms with Gasteiger partial charge in [-0.25, -0.2) is 4.98 Å². The van der Waals surface area contributed by atoms with E-state index in [0.29, 0.717) is 16.0 Å². The Morgan fingerprint density at radius 2 is 2.00 bits per heavy atom. The smallest absolute Gasteiger partial charge is 0.252 e. The van der Waals surface area contributed by atoms with E-state index in [1.54, 1.807) is 0 Å². The fraction of sp³-hybridized carbons (Fsp3) is 0.615. The first-order chi connectivity index (χ1) is 15.5. The summed E-state index contributed by atoms with van der Waals surface area (Å²) in [4.78, 5) is 17.3. The van der Waals surface area contributed by atoms with Gasteiger partial charge in [-0.3, -0.25) is 4.79 Å². The van der Waals surface area contributed by atoms with Crippen molar-refractivity contribution in [1.29, 1.82) is 0 Å². The number of hydrogen-bond donors (Lipinski definition) is 3. The lowest BCUT2D eigenvalue weighted by Crippen LogP contribution is -2.43. The fourth-order valence-electron chi connectivity index (χ4n) is 5.48. The molecule has 0 spiro atoms. The van der Waals surface area contributed by atoms with E-state index in [4.69, 9.17) is 11.6 Å². The maximum absolute atomic E-state index is 12.9. The molecule has 2 bridgehead atoms. The minimum Gasteiger partial charge on any atom is -0.384 e. The van der Waals surface area contributed by atoms with Crippen LogP contribution >= 0.6 is 11.6 Å². The molecular formula is C26H40ClN5O. The Morgan fingerprint density at radius 3 is 2.73 bits per heavy atom. The first-order valence-electron chi connectivity index (χ1n) is 12.0. The van der Waals surface area contributed by atoms with E-state index in [1.807, 2.05) is 42.3 Å². The Morgan fingerprint density at radius 1 is 1.21 bits per heavy atom. The van der Waals surface area contributed by atoms with Gasteiger partial charge in [-0.05, 0) is 48.8 Å². The predicted octanol–water partition coefficient (Wildman–Crippen LogP) is 5.04. The van der Waals surface area contributed by atoms with Crippen molar-refractivity contribution in [2.45, 2.75) is 58.8 Å². The van der Waals surface area contributed by atoms with Crippen molar-refractivity contribution in [2.75, 3.05) is 31.5 Å². The fourth-order valence-corrected chi connectivity index (χ4v) is 5.68. The Hall–Kier alpha value is -2.05. The molecule has 2 aliphatic carbocycles. The van der Waals surface area contributed by atoms with Crippen LogP contribution in [0.4, 0.5) is 5.69 Å². The average Bonchev–Trinajstić information content (AvgIpc) is 3.20. The minimum atomic E-state index is -0.0609. The van der Waals surface area contributed by atoms with Gasteiger partial charge in [0.1, 0.15) is 0 Å². The molecule has 4 rings (SSSR count). The molecule has 7 heteroatoms. The second-order valence-corrected chi connectivity index (χ2v) is 10.1. The molecule has 0 atom stereocenters. The van der Waals surface area contributed by atoms with Crippen molar-refractivity contribution in [3.63, 3.8) is 0 Å². The first-order valence-corrected chi connectivity index (χ1v) is 12.4. The number of amides is 1. The Balaban J connectivity index is 0.00000306. The van der Waals surface area contributed by atoms with Crippen LogP contribution in [0, 0.1) is 11.3 Å². The quantitative estimate of drug-likeness (QED) is 0.422. The molecule has 182 valence electrons. The summed E-state index contributed by atoms with van der Waals surface area (Å²) in [5.41, 5.74) is 2.87. The van der Waals surface area contributed by atoms with E-state index in [2.05, 4.69) is 20.9 Å². The summed E-state index contributed by atoms with van der Waals surface area (Å²) in [6.07, 6.45) is 13.9. The first kappa shape index (κ1) is 25.6. The second-order valence-electron chi connectivity index (χ2n) is 9.69. The summed E-state index contributed by atoms with van der Waals surface area (Å²) in [5.74, 6) is 0.803. The number of hydrogen-bond acceptors (Lipinski definition) is 4. The van der Waals surface area contributed by atoms with Crippen LogP contribution in [0.15, 0.2) is 30.7 Å². The molecule has 1 aromatic heterocycles. The van der Waals surface area contributed by atoms with Gasteiger partial charge in [0.25, 0.3) is 5.91 Å². The van der Waals surface area contributed by atoms with E-state index < -0.39 is 0 Å². The molecule has 1 amide bonds. The molecule has 2 saturated carbocycles. The third-order valence-electron chi connectivity index (χ3n) is 7.14. The summed E-state index contributed by atoms with van der Waals surface area (Å²) in [6, 6.07) is 5.61. The zero-order valence-corrected chi connectivity index (χ0v) is 19.9. The lowest BCUT2D eigenvalue weighted by atomic mass is 9.62.